The second kappa shape index (κ2) is 5.48. The predicted molar refractivity (Wildman–Crippen MR) is 88.5 cm³/mol. The normalized spacial score (nSPS) is 21.0. The Kier molecular flexibility index (Phi) is 3.65. The van der Waals surface area contributed by atoms with Crippen molar-refractivity contribution in [1.29, 1.82) is 0 Å². The molecule has 22 heavy (non-hydrogen) atoms. The Labute approximate surface area is 131 Å². The molecule has 0 bridgehead atoms. The van der Waals surface area contributed by atoms with E-state index in [4.69, 9.17) is 4.74 Å². The molecule has 0 aliphatic carbocycles. The molecule has 0 aromatic heterocycles. The standard InChI is InChI=1S/C17H15NO2.C2H6/c1-2-18-14-9-5-3-7-12(14)17(16(18)19)11-20-15-10-6-4-8-13(15)17;1-2/h3-10H,2,11H2,1H3;1-2H3. The number of anilines is 1. The molecule has 4 rings (SSSR count). The van der Waals surface area contributed by atoms with Crippen LogP contribution in [0.3, 0.4) is 0 Å². The monoisotopic (exact) mass is 295 g/mol. The molecule has 2 aromatic rings. The molecule has 0 saturated carbocycles. The maximum atomic E-state index is 13.0. The molecule has 1 unspecified atom stereocenters. The highest BCUT2D eigenvalue weighted by atomic mass is 16.5. The van der Waals surface area contributed by atoms with Gasteiger partial charge in [-0.2, -0.15) is 0 Å². The number of nitrogens with zero attached hydrogens (tertiary/aromatic N) is 1. The van der Waals surface area contributed by atoms with Gasteiger partial charge in [0, 0.05) is 17.8 Å². The minimum Gasteiger partial charge on any atom is -0.491 e. The zero-order chi connectivity index (χ0) is 15.7. The molecular weight excluding hydrogens is 274 g/mol. The quantitative estimate of drug-likeness (QED) is 0.801. The highest BCUT2D eigenvalue weighted by Gasteiger charge is 2.56. The van der Waals surface area contributed by atoms with Gasteiger partial charge in [-0.15, -0.1) is 0 Å². The van der Waals surface area contributed by atoms with Crippen LogP contribution in [-0.2, 0) is 10.2 Å². The van der Waals surface area contributed by atoms with E-state index in [0.717, 1.165) is 22.6 Å². The molecule has 0 N–H and O–H groups in total. The first-order chi connectivity index (χ1) is 10.8. The molecule has 2 aliphatic rings. The number of para-hydroxylation sites is 2. The van der Waals surface area contributed by atoms with Crippen molar-refractivity contribution in [3.8, 4) is 5.75 Å². The van der Waals surface area contributed by atoms with Gasteiger partial charge in [-0.25, -0.2) is 0 Å². The number of hydrogen-bond donors (Lipinski definition) is 0. The Morgan fingerprint density at radius 2 is 1.68 bits per heavy atom. The summed E-state index contributed by atoms with van der Waals surface area (Å²) in [5, 5.41) is 0. The molecule has 2 heterocycles. The number of ether oxygens (including phenoxy) is 1. The van der Waals surface area contributed by atoms with Gasteiger partial charge in [0.1, 0.15) is 17.8 Å². The van der Waals surface area contributed by atoms with Crippen molar-refractivity contribution < 1.29 is 9.53 Å². The van der Waals surface area contributed by atoms with Crippen LogP contribution in [0.2, 0.25) is 0 Å². The van der Waals surface area contributed by atoms with E-state index in [9.17, 15) is 4.79 Å². The Morgan fingerprint density at radius 1 is 1.05 bits per heavy atom. The van der Waals surface area contributed by atoms with Gasteiger partial charge in [-0.05, 0) is 24.6 Å². The van der Waals surface area contributed by atoms with Crippen LogP contribution in [-0.4, -0.2) is 19.1 Å². The Hall–Kier alpha value is -2.29. The molecule has 0 radical (unpaired) electrons. The average molecular weight is 295 g/mol. The van der Waals surface area contributed by atoms with E-state index >= 15 is 0 Å². The molecule has 3 nitrogen and oxygen atoms in total. The van der Waals surface area contributed by atoms with Crippen LogP contribution in [0, 0.1) is 0 Å². The van der Waals surface area contributed by atoms with Crippen molar-refractivity contribution in [2.24, 2.45) is 0 Å². The maximum Gasteiger partial charge on any atom is 0.245 e. The highest BCUT2D eigenvalue weighted by molar-refractivity contribution is 6.11. The summed E-state index contributed by atoms with van der Waals surface area (Å²) >= 11 is 0. The average Bonchev–Trinajstić information content (AvgIpc) is 3.09. The van der Waals surface area contributed by atoms with Gasteiger partial charge in [0.15, 0.2) is 0 Å². The number of hydrogen-bond acceptors (Lipinski definition) is 2. The minimum absolute atomic E-state index is 0.131. The lowest BCUT2D eigenvalue weighted by Gasteiger charge is -2.22. The van der Waals surface area contributed by atoms with Gasteiger partial charge in [-0.3, -0.25) is 4.79 Å². The summed E-state index contributed by atoms with van der Waals surface area (Å²) in [5.74, 6) is 0.958. The van der Waals surface area contributed by atoms with Crippen LogP contribution >= 0.6 is 0 Å². The fraction of sp³-hybridized carbons (Fsp3) is 0.316. The number of benzene rings is 2. The predicted octanol–water partition coefficient (Wildman–Crippen LogP) is 3.76. The summed E-state index contributed by atoms with van der Waals surface area (Å²) in [6.45, 7) is 7.09. The van der Waals surface area contributed by atoms with Gasteiger partial charge in [-0.1, -0.05) is 50.2 Å². The Bertz CT molecular complexity index is 710. The number of likely N-dealkylation sites (N-methyl/N-ethyl adjacent to an activating group) is 1. The van der Waals surface area contributed by atoms with Gasteiger partial charge < -0.3 is 9.64 Å². The fourth-order valence-electron chi connectivity index (χ4n) is 3.45. The van der Waals surface area contributed by atoms with E-state index in [1.807, 2.05) is 74.2 Å². The van der Waals surface area contributed by atoms with E-state index in [1.165, 1.54) is 0 Å². The molecule has 2 aromatic carbocycles. The number of carbonyl (C=O) groups is 1. The second-order valence-electron chi connectivity index (χ2n) is 5.26. The summed E-state index contributed by atoms with van der Waals surface area (Å²) in [6, 6.07) is 15.9. The number of fused-ring (bicyclic) bond motifs is 4. The van der Waals surface area contributed by atoms with Crippen LogP contribution in [0.5, 0.6) is 5.75 Å². The molecule has 1 atom stereocenters. The van der Waals surface area contributed by atoms with E-state index in [1.54, 1.807) is 0 Å². The number of carbonyl (C=O) groups excluding carboxylic acids is 1. The van der Waals surface area contributed by atoms with Crippen molar-refractivity contribution in [2.45, 2.75) is 26.2 Å². The number of amides is 1. The highest BCUT2D eigenvalue weighted by Crippen LogP contribution is 2.51. The maximum absolute atomic E-state index is 13.0. The third-order valence-corrected chi connectivity index (χ3v) is 4.37. The summed E-state index contributed by atoms with van der Waals surface area (Å²) in [4.78, 5) is 14.9. The minimum atomic E-state index is -0.650. The molecule has 114 valence electrons. The summed E-state index contributed by atoms with van der Waals surface area (Å²) in [6.07, 6.45) is 0. The molecule has 1 spiro atoms. The smallest absolute Gasteiger partial charge is 0.245 e. The van der Waals surface area contributed by atoms with Crippen LogP contribution in [0.15, 0.2) is 48.5 Å². The van der Waals surface area contributed by atoms with Crippen LogP contribution in [0.25, 0.3) is 0 Å². The van der Waals surface area contributed by atoms with E-state index in [2.05, 4.69) is 0 Å². The van der Waals surface area contributed by atoms with E-state index in [0.29, 0.717) is 13.2 Å². The fourth-order valence-corrected chi connectivity index (χ4v) is 3.45. The lowest BCUT2D eigenvalue weighted by molar-refractivity contribution is -0.122. The summed E-state index contributed by atoms with van der Waals surface area (Å²) in [5.41, 5.74) is 2.42. The van der Waals surface area contributed by atoms with Crippen molar-refractivity contribution in [2.75, 3.05) is 18.1 Å². The molecular formula is C19H21NO2. The van der Waals surface area contributed by atoms with Gasteiger partial charge in [0.25, 0.3) is 0 Å². The SMILES string of the molecule is CC.CCN1C(=O)C2(COc3ccccc32)c2ccccc21. The topological polar surface area (TPSA) is 29.5 Å². The lowest BCUT2D eigenvalue weighted by atomic mass is 9.77. The van der Waals surface area contributed by atoms with Gasteiger partial charge >= 0.3 is 0 Å². The lowest BCUT2D eigenvalue weighted by Crippen LogP contribution is -2.42. The molecule has 0 fully saturated rings. The van der Waals surface area contributed by atoms with Crippen LogP contribution in [0.1, 0.15) is 31.9 Å². The Balaban J connectivity index is 0.000000693. The molecule has 2 aliphatic heterocycles. The first-order valence-corrected chi connectivity index (χ1v) is 7.93. The third kappa shape index (κ3) is 1.71. The van der Waals surface area contributed by atoms with Gasteiger partial charge in [0.2, 0.25) is 5.91 Å². The zero-order valence-electron chi connectivity index (χ0n) is 13.3. The van der Waals surface area contributed by atoms with Gasteiger partial charge in [0.05, 0.1) is 0 Å². The van der Waals surface area contributed by atoms with Crippen LogP contribution in [0.4, 0.5) is 5.69 Å². The first kappa shape index (κ1) is 14.6. The largest absolute Gasteiger partial charge is 0.491 e. The molecule has 0 saturated heterocycles. The summed E-state index contributed by atoms with van der Waals surface area (Å²) < 4.78 is 5.81. The van der Waals surface area contributed by atoms with Crippen molar-refractivity contribution >= 4 is 11.6 Å². The summed E-state index contributed by atoms with van der Waals surface area (Å²) in [7, 11) is 0. The van der Waals surface area contributed by atoms with Crippen molar-refractivity contribution in [3.05, 3.63) is 59.7 Å². The first-order valence-electron chi connectivity index (χ1n) is 7.93. The third-order valence-electron chi connectivity index (χ3n) is 4.37. The number of rotatable bonds is 1. The zero-order valence-corrected chi connectivity index (χ0v) is 13.3. The van der Waals surface area contributed by atoms with Crippen molar-refractivity contribution in [1.82, 2.24) is 0 Å². The van der Waals surface area contributed by atoms with Crippen LogP contribution < -0.4 is 9.64 Å². The molecule has 1 amide bonds. The van der Waals surface area contributed by atoms with Crippen molar-refractivity contribution in [3.63, 3.8) is 0 Å². The second-order valence-corrected chi connectivity index (χ2v) is 5.26. The van der Waals surface area contributed by atoms with E-state index < -0.39 is 5.41 Å². The molecule has 3 heteroatoms. The Morgan fingerprint density at radius 3 is 2.41 bits per heavy atom. The van der Waals surface area contributed by atoms with E-state index in [-0.39, 0.29) is 5.91 Å².